The standard InChI is InChI=1S/C29H29ClN2O7/c1-17(33)22-11-8-19(30)14-23(22)24-15-27(34)32(16-26(24)38-2)25(12-13-39-21-4-3-5-21)28(35)31-20-9-6-18(7-10-20)29(36)37/h6-11,14-16,21,25H,3-5,12-13H2,1-2H3,(H,31,35)(H,36,37)/t25-/m0/s1. The third-order valence-electron chi connectivity index (χ3n) is 6.75. The Morgan fingerprint density at radius 1 is 1.10 bits per heavy atom. The van der Waals surface area contributed by atoms with Gasteiger partial charge in [-0.2, -0.15) is 0 Å². The summed E-state index contributed by atoms with van der Waals surface area (Å²) in [5, 5.41) is 12.3. The molecule has 2 aromatic carbocycles. The highest BCUT2D eigenvalue weighted by Gasteiger charge is 2.26. The molecular formula is C29H29ClN2O7. The SMILES string of the molecule is COc1cn([C@@H](CCOC2CCC2)C(=O)Nc2ccc(C(=O)O)cc2)c(=O)cc1-c1cc(Cl)ccc1C(C)=O. The number of hydrogen-bond acceptors (Lipinski definition) is 6. The molecule has 10 heteroatoms. The topological polar surface area (TPSA) is 124 Å². The molecule has 0 aliphatic heterocycles. The van der Waals surface area contributed by atoms with Crippen molar-refractivity contribution in [3.63, 3.8) is 0 Å². The van der Waals surface area contributed by atoms with Gasteiger partial charge in [-0.15, -0.1) is 0 Å². The number of halogens is 1. The van der Waals surface area contributed by atoms with Gasteiger partial charge in [0.25, 0.3) is 5.56 Å². The molecule has 39 heavy (non-hydrogen) atoms. The number of Topliss-reactive ketones (excluding diaryl/α,β-unsaturated/α-hetero) is 1. The van der Waals surface area contributed by atoms with Crippen molar-refractivity contribution in [2.75, 3.05) is 19.0 Å². The van der Waals surface area contributed by atoms with Crippen LogP contribution in [0, 0.1) is 0 Å². The first-order chi connectivity index (χ1) is 18.7. The Balaban J connectivity index is 1.70. The maximum absolute atomic E-state index is 13.4. The molecule has 0 unspecified atom stereocenters. The van der Waals surface area contributed by atoms with Crippen molar-refractivity contribution in [1.29, 1.82) is 0 Å². The normalized spacial score (nSPS) is 13.8. The molecule has 1 saturated carbocycles. The van der Waals surface area contributed by atoms with Crippen LogP contribution in [0.25, 0.3) is 11.1 Å². The number of carboxylic acid groups (broad SMARTS) is 1. The van der Waals surface area contributed by atoms with Crippen molar-refractivity contribution in [3.8, 4) is 16.9 Å². The molecule has 0 spiro atoms. The molecule has 1 fully saturated rings. The van der Waals surface area contributed by atoms with Crippen molar-refractivity contribution in [2.45, 2.75) is 44.8 Å². The fraction of sp³-hybridized carbons (Fsp3) is 0.310. The van der Waals surface area contributed by atoms with E-state index in [2.05, 4.69) is 5.32 Å². The van der Waals surface area contributed by atoms with Crippen LogP contribution in [0.5, 0.6) is 5.75 Å². The Morgan fingerprint density at radius 3 is 2.41 bits per heavy atom. The minimum absolute atomic E-state index is 0.0842. The number of amides is 1. The number of benzene rings is 2. The molecule has 1 heterocycles. The summed E-state index contributed by atoms with van der Waals surface area (Å²) in [7, 11) is 1.43. The lowest BCUT2D eigenvalue weighted by atomic mass is 9.96. The minimum Gasteiger partial charge on any atom is -0.495 e. The molecule has 0 radical (unpaired) electrons. The number of methoxy groups -OCH3 is 1. The van der Waals surface area contributed by atoms with Crippen molar-refractivity contribution in [1.82, 2.24) is 4.57 Å². The van der Waals surface area contributed by atoms with E-state index in [9.17, 15) is 19.2 Å². The van der Waals surface area contributed by atoms with E-state index in [4.69, 9.17) is 26.2 Å². The number of nitrogens with one attached hydrogen (secondary N) is 1. The van der Waals surface area contributed by atoms with E-state index in [-0.39, 0.29) is 36.2 Å². The molecule has 4 rings (SSSR count). The monoisotopic (exact) mass is 552 g/mol. The van der Waals surface area contributed by atoms with E-state index >= 15 is 0 Å². The summed E-state index contributed by atoms with van der Waals surface area (Å²) in [6.45, 7) is 1.69. The van der Waals surface area contributed by atoms with Crippen LogP contribution in [-0.4, -0.2) is 47.2 Å². The Bertz CT molecular complexity index is 1440. The van der Waals surface area contributed by atoms with Crippen molar-refractivity contribution < 1.29 is 29.0 Å². The van der Waals surface area contributed by atoms with Crippen LogP contribution in [0.2, 0.25) is 5.02 Å². The van der Waals surface area contributed by atoms with Crippen LogP contribution in [-0.2, 0) is 9.53 Å². The second kappa shape index (κ2) is 12.3. The molecular weight excluding hydrogens is 524 g/mol. The first-order valence-corrected chi connectivity index (χ1v) is 12.9. The highest BCUT2D eigenvalue weighted by Crippen LogP contribution is 2.34. The number of carbonyl (C=O) groups is 3. The summed E-state index contributed by atoms with van der Waals surface area (Å²) in [6, 6.07) is 10.9. The summed E-state index contributed by atoms with van der Waals surface area (Å²) in [4.78, 5) is 50.3. The van der Waals surface area contributed by atoms with Gasteiger partial charge in [0.1, 0.15) is 11.8 Å². The number of rotatable bonds is 11. The zero-order valence-corrected chi connectivity index (χ0v) is 22.4. The molecule has 1 amide bonds. The van der Waals surface area contributed by atoms with Crippen molar-refractivity contribution in [3.05, 3.63) is 81.2 Å². The van der Waals surface area contributed by atoms with Gasteiger partial charge in [0.15, 0.2) is 5.78 Å². The first kappa shape index (κ1) is 28.1. The average Bonchev–Trinajstić information content (AvgIpc) is 2.88. The van der Waals surface area contributed by atoms with E-state index in [1.165, 1.54) is 55.1 Å². The lowest BCUT2D eigenvalue weighted by Crippen LogP contribution is -2.34. The van der Waals surface area contributed by atoms with Crippen LogP contribution < -0.4 is 15.6 Å². The maximum Gasteiger partial charge on any atom is 0.335 e. The summed E-state index contributed by atoms with van der Waals surface area (Å²) < 4.78 is 12.7. The number of nitrogens with zero attached hydrogens (tertiary/aromatic N) is 1. The van der Waals surface area contributed by atoms with E-state index in [0.717, 1.165) is 19.3 Å². The predicted molar refractivity (Wildman–Crippen MR) is 147 cm³/mol. The molecule has 1 aromatic heterocycles. The molecule has 9 nitrogen and oxygen atoms in total. The summed E-state index contributed by atoms with van der Waals surface area (Å²) in [6.07, 6.45) is 4.85. The number of ether oxygens (including phenoxy) is 2. The molecule has 1 aliphatic carbocycles. The number of aromatic carboxylic acids is 1. The Morgan fingerprint density at radius 2 is 1.82 bits per heavy atom. The number of pyridine rings is 1. The van der Waals surface area contributed by atoms with Crippen molar-refractivity contribution in [2.24, 2.45) is 0 Å². The first-order valence-electron chi connectivity index (χ1n) is 12.5. The van der Waals surface area contributed by atoms with E-state index in [1.807, 2.05) is 0 Å². The second-order valence-electron chi connectivity index (χ2n) is 9.35. The zero-order chi connectivity index (χ0) is 28.1. The highest BCUT2D eigenvalue weighted by molar-refractivity contribution is 6.31. The molecule has 204 valence electrons. The molecule has 1 aliphatic rings. The summed E-state index contributed by atoms with van der Waals surface area (Å²) in [5.41, 5.74) is 1.19. The van der Waals surface area contributed by atoms with Gasteiger partial charge in [-0.3, -0.25) is 19.0 Å². The third kappa shape index (κ3) is 6.55. The van der Waals surface area contributed by atoms with Gasteiger partial charge in [0.05, 0.1) is 25.0 Å². The van der Waals surface area contributed by atoms with Crippen LogP contribution in [0.3, 0.4) is 0 Å². The van der Waals surface area contributed by atoms with Gasteiger partial charge in [0.2, 0.25) is 5.91 Å². The molecule has 3 aromatic rings. The van der Waals surface area contributed by atoms with E-state index in [1.54, 1.807) is 18.2 Å². The minimum atomic E-state index is -1.08. The van der Waals surface area contributed by atoms with Gasteiger partial charge in [0, 0.05) is 40.9 Å². The largest absolute Gasteiger partial charge is 0.495 e. The van der Waals surface area contributed by atoms with E-state index < -0.39 is 23.5 Å². The smallest absolute Gasteiger partial charge is 0.335 e. The lowest BCUT2D eigenvalue weighted by Gasteiger charge is -2.27. The van der Waals surface area contributed by atoms with Gasteiger partial charge >= 0.3 is 5.97 Å². The van der Waals surface area contributed by atoms with E-state index in [0.29, 0.717) is 27.4 Å². The van der Waals surface area contributed by atoms with Gasteiger partial charge in [-0.1, -0.05) is 11.6 Å². The zero-order valence-electron chi connectivity index (χ0n) is 21.6. The van der Waals surface area contributed by atoms with Crippen molar-refractivity contribution >= 4 is 34.9 Å². The maximum atomic E-state index is 13.4. The Hall–Kier alpha value is -3.95. The second-order valence-corrected chi connectivity index (χ2v) is 9.78. The van der Waals surface area contributed by atoms with Crippen LogP contribution in [0.1, 0.15) is 59.4 Å². The third-order valence-corrected chi connectivity index (χ3v) is 6.99. The predicted octanol–water partition coefficient (Wildman–Crippen LogP) is 5.22. The number of aromatic nitrogens is 1. The van der Waals surface area contributed by atoms with Crippen LogP contribution >= 0.6 is 11.6 Å². The number of ketones is 1. The summed E-state index contributed by atoms with van der Waals surface area (Å²) in [5.74, 6) is -1.47. The van der Waals surface area contributed by atoms with Crippen LogP contribution in [0.15, 0.2) is 59.5 Å². The number of anilines is 1. The lowest BCUT2D eigenvalue weighted by molar-refractivity contribution is -0.120. The average molecular weight is 553 g/mol. The number of carboxylic acids is 1. The number of carbonyl (C=O) groups excluding carboxylic acids is 2. The van der Waals surface area contributed by atoms with Gasteiger partial charge in [-0.25, -0.2) is 4.79 Å². The van der Waals surface area contributed by atoms with Gasteiger partial charge < -0.3 is 19.9 Å². The molecule has 0 bridgehead atoms. The Labute approximate surface area is 230 Å². The number of hydrogen-bond donors (Lipinski definition) is 2. The van der Waals surface area contributed by atoms with Crippen LogP contribution in [0.4, 0.5) is 5.69 Å². The Kier molecular flexibility index (Phi) is 8.83. The fourth-order valence-electron chi connectivity index (χ4n) is 4.39. The molecule has 0 saturated heterocycles. The summed E-state index contributed by atoms with van der Waals surface area (Å²) >= 11 is 6.20. The fourth-order valence-corrected chi connectivity index (χ4v) is 4.57. The quantitative estimate of drug-likeness (QED) is 0.313. The molecule has 2 N–H and O–H groups in total. The highest BCUT2D eigenvalue weighted by atomic mass is 35.5. The van der Waals surface area contributed by atoms with Gasteiger partial charge in [-0.05, 0) is 74.2 Å². The molecule has 1 atom stereocenters.